The number of imidazole rings is 1. The third-order valence-corrected chi connectivity index (χ3v) is 3.28. The van der Waals surface area contributed by atoms with Gasteiger partial charge < -0.3 is 9.67 Å². The van der Waals surface area contributed by atoms with E-state index in [9.17, 15) is 4.79 Å². The molecule has 0 aliphatic carbocycles. The molecule has 1 unspecified atom stereocenters. The third kappa shape index (κ3) is 3.71. The first-order valence-corrected chi connectivity index (χ1v) is 5.95. The second-order valence-electron chi connectivity index (χ2n) is 4.11. The van der Waals surface area contributed by atoms with Crippen molar-refractivity contribution in [3.8, 4) is 0 Å². The van der Waals surface area contributed by atoms with Gasteiger partial charge in [-0.3, -0.25) is 9.69 Å². The SMILES string of the molecule is CCC(C)N(CC(=O)O)Cc1ncc(Cl)n1C. The Hall–Kier alpha value is -1.07. The Labute approximate surface area is 106 Å². The number of carboxylic acids is 1. The largest absolute Gasteiger partial charge is 0.480 e. The molecule has 0 spiro atoms. The van der Waals surface area contributed by atoms with Crippen molar-refractivity contribution in [2.45, 2.75) is 32.9 Å². The molecule has 5 nitrogen and oxygen atoms in total. The van der Waals surface area contributed by atoms with Crippen LogP contribution >= 0.6 is 11.6 Å². The summed E-state index contributed by atoms with van der Waals surface area (Å²) in [5, 5.41) is 9.44. The first kappa shape index (κ1) is 14.0. The summed E-state index contributed by atoms with van der Waals surface area (Å²) in [6.07, 6.45) is 2.47. The molecule has 0 amide bonds. The van der Waals surface area contributed by atoms with Gasteiger partial charge in [0.1, 0.15) is 11.0 Å². The second kappa shape index (κ2) is 6.02. The highest BCUT2D eigenvalue weighted by molar-refractivity contribution is 6.29. The van der Waals surface area contributed by atoms with Crippen molar-refractivity contribution >= 4 is 17.6 Å². The van der Waals surface area contributed by atoms with Gasteiger partial charge in [0, 0.05) is 13.1 Å². The molecule has 96 valence electrons. The van der Waals surface area contributed by atoms with Crippen molar-refractivity contribution in [3.63, 3.8) is 0 Å². The Balaban J connectivity index is 2.78. The standard InChI is InChI=1S/C11H18ClN3O2/c1-4-8(2)15(7-11(16)17)6-10-13-5-9(12)14(10)3/h5,8H,4,6-7H2,1-3H3,(H,16,17). The van der Waals surface area contributed by atoms with E-state index in [0.717, 1.165) is 12.2 Å². The van der Waals surface area contributed by atoms with Crippen LogP contribution in [-0.4, -0.2) is 38.1 Å². The molecule has 0 aliphatic rings. The van der Waals surface area contributed by atoms with Crippen LogP contribution in [-0.2, 0) is 18.4 Å². The molecule has 0 fully saturated rings. The van der Waals surface area contributed by atoms with Crippen molar-refractivity contribution in [2.75, 3.05) is 6.54 Å². The smallest absolute Gasteiger partial charge is 0.317 e. The average molecular weight is 260 g/mol. The van der Waals surface area contributed by atoms with E-state index < -0.39 is 5.97 Å². The molecule has 1 aromatic rings. The fourth-order valence-electron chi connectivity index (χ4n) is 1.55. The van der Waals surface area contributed by atoms with Gasteiger partial charge in [-0.25, -0.2) is 4.98 Å². The van der Waals surface area contributed by atoms with Gasteiger partial charge in [-0.05, 0) is 13.3 Å². The molecule has 1 atom stereocenters. The van der Waals surface area contributed by atoms with Gasteiger partial charge in [-0.1, -0.05) is 18.5 Å². The number of aromatic nitrogens is 2. The minimum absolute atomic E-state index is 0.0134. The molecule has 1 aromatic heterocycles. The van der Waals surface area contributed by atoms with E-state index in [0.29, 0.717) is 11.7 Å². The van der Waals surface area contributed by atoms with Gasteiger partial charge in [0.2, 0.25) is 0 Å². The van der Waals surface area contributed by atoms with E-state index in [1.165, 1.54) is 0 Å². The van der Waals surface area contributed by atoms with E-state index in [2.05, 4.69) is 4.98 Å². The van der Waals surface area contributed by atoms with Crippen LogP contribution in [0.25, 0.3) is 0 Å². The minimum atomic E-state index is -0.828. The van der Waals surface area contributed by atoms with Crippen LogP contribution in [0.15, 0.2) is 6.20 Å². The lowest BCUT2D eigenvalue weighted by Gasteiger charge is -2.26. The van der Waals surface area contributed by atoms with Crippen LogP contribution in [0, 0.1) is 0 Å². The monoisotopic (exact) mass is 259 g/mol. The molecule has 6 heteroatoms. The Morgan fingerprint density at radius 1 is 1.71 bits per heavy atom. The maximum atomic E-state index is 10.8. The summed E-state index contributed by atoms with van der Waals surface area (Å²) in [6.45, 7) is 4.54. The van der Waals surface area contributed by atoms with E-state index >= 15 is 0 Å². The molecule has 17 heavy (non-hydrogen) atoms. The molecule has 0 saturated heterocycles. The summed E-state index contributed by atoms with van der Waals surface area (Å²) in [4.78, 5) is 16.9. The van der Waals surface area contributed by atoms with E-state index in [4.69, 9.17) is 16.7 Å². The Morgan fingerprint density at radius 3 is 2.76 bits per heavy atom. The lowest BCUT2D eigenvalue weighted by atomic mass is 10.2. The van der Waals surface area contributed by atoms with Crippen LogP contribution in [0.5, 0.6) is 0 Å². The quantitative estimate of drug-likeness (QED) is 0.846. The highest BCUT2D eigenvalue weighted by Gasteiger charge is 2.18. The summed E-state index contributed by atoms with van der Waals surface area (Å²) in [6, 6.07) is 0.196. The van der Waals surface area contributed by atoms with Crippen molar-refractivity contribution < 1.29 is 9.90 Å². The summed E-state index contributed by atoms with van der Waals surface area (Å²) in [7, 11) is 1.82. The van der Waals surface area contributed by atoms with Crippen LogP contribution in [0.4, 0.5) is 0 Å². The predicted octanol–water partition coefficient (Wildman–Crippen LogP) is 1.76. The highest BCUT2D eigenvalue weighted by atomic mass is 35.5. The van der Waals surface area contributed by atoms with Gasteiger partial charge in [-0.15, -0.1) is 0 Å². The topological polar surface area (TPSA) is 58.4 Å². The molecule has 0 radical (unpaired) electrons. The maximum Gasteiger partial charge on any atom is 0.317 e. The molecule has 0 aromatic carbocycles. The first-order chi connectivity index (χ1) is 7.95. The van der Waals surface area contributed by atoms with E-state index in [1.54, 1.807) is 10.8 Å². The zero-order chi connectivity index (χ0) is 13.0. The summed E-state index contributed by atoms with van der Waals surface area (Å²) in [5.41, 5.74) is 0. The van der Waals surface area contributed by atoms with Gasteiger partial charge in [0.05, 0.1) is 19.3 Å². The number of halogens is 1. The lowest BCUT2D eigenvalue weighted by Crippen LogP contribution is -2.37. The fraction of sp³-hybridized carbons (Fsp3) is 0.636. The van der Waals surface area contributed by atoms with E-state index in [1.807, 2.05) is 25.8 Å². The van der Waals surface area contributed by atoms with E-state index in [-0.39, 0.29) is 12.6 Å². The second-order valence-corrected chi connectivity index (χ2v) is 4.50. The molecule has 1 rings (SSSR count). The molecule has 0 aliphatic heterocycles. The zero-order valence-corrected chi connectivity index (χ0v) is 11.1. The molecule has 1 N–H and O–H groups in total. The highest BCUT2D eigenvalue weighted by Crippen LogP contribution is 2.13. The Kier molecular flexibility index (Phi) is 4.96. The van der Waals surface area contributed by atoms with Gasteiger partial charge >= 0.3 is 5.97 Å². The summed E-state index contributed by atoms with van der Waals surface area (Å²) in [5.74, 6) is -0.0536. The third-order valence-electron chi connectivity index (χ3n) is 2.92. The number of carbonyl (C=O) groups is 1. The average Bonchev–Trinajstić information content (AvgIpc) is 2.58. The van der Waals surface area contributed by atoms with Crippen LogP contribution in [0.2, 0.25) is 5.15 Å². The molecular formula is C11H18ClN3O2. The van der Waals surface area contributed by atoms with Crippen molar-refractivity contribution in [1.82, 2.24) is 14.5 Å². The predicted molar refractivity (Wildman–Crippen MR) is 66.0 cm³/mol. The number of hydrogen-bond donors (Lipinski definition) is 1. The Morgan fingerprint density at radius 2 is 2.35 bits per heavy atom. The molecule has 0 saturated carbocycles. The van der Waals surface area contributed by atoms with Crippen molar-refractivity contribution in [1.29, 1.82) is 0 Å². The van der Waals surface area contributed by atoms with Gasteiger partial charge in [0.25, 0.3) is 0 Å². The maximum absolute atomic E-state index is 10.8. The number of aliphatic carboxylic acids is 1. The molecular weight excluding hydrogens is 242 g/mol. The molecule has 1 heterocycles. The minimum Gasteiger partial charge on any atom is -0.480 e. The van der Waals surface area contributed by atoms with Crippen molar-refractivity contribution in [3.05, 3.63) is 17.2 Å². The van der Waals surface area contributed by atoms with Crippen LogP contribution in [0.1, 0.15) is 26.1 Å². The normalized spacial score (nSPS) is 13.0. The number of hydrogen-bond acceptors (Lipinski definition) is 3. The first-order valence-electron chi connectivity index (χ1n) is 5.57. The summed E-state index contributed by atoms with van der Waals surface area (Å²) >= 11 is 5.90. The number of rotatable bonds is 6. The van der Waals surface area contributed by atoms with Crippen molar-refractivity contribution in [2.24, 2.45) is 7.05 Å². The zero-order valence-electron chi connectivity index (χ0n) is 10.4. The summed E-state index contributed by atoms with van der Waals surface area (Å²) < 4.78 is 1.76. The van der Waals surface area contributed by atoms with Gasteiger partial charge in [0.15, 0.2) is 0 Å². The van der Waals surface area contributed by atoms with Gasteiger partial charge in [-0.2, -0.15) is 0 Å². The van der Waals surface area contributed by atoms with Crippen LogP contribution in [0.3, 0.4) is 0 Å². The molecule has 0 bridgehead atoms. The lowest BCUT2D eigenvalue weighted by molar-refractivity contribution is -0.139. The Bertz CT molecular complexity index is 392. The number of carboxylic acid groups (broad SMARTS) is 1. The van der Waals surface area contributed by atoms with Crippen LogP contribution < -0.4 is 0 Å². The number of nitrogens with zero attached hydrogens (tertiary/aromatic N) is 3. The fourth-order valence-corrected chi connectivity index (χ4v) is 1.70.